The first kappa shape index (κ1) is 15.3. The van der Waals surface area contributed by atoms with E-state index >= 15 is 0 Å². The molecule has 0 aromatic heterocycles. The smallest absolute Gasteiger partial charge is 0.122 e. The summed E-state index contributed by atoms with van der Waals surface area (Å²) in [5, 5.41) is 3.51. The molecule has 1 aromatic rings. The highest BCUT2D eigenvalue weighted by Gasteiger charge is 2.13. The van der Waals surface area contributed by atoms with Gasteiger partial charge in [0.2, 0.25) is 0 Å². The molecule has 1 aromatic carbocycles. The summed E-state index contributed by atoms with van der Waals surface area (Å²) in [5.74, 6) is 1.07. The molecular weight excluding hydrogens is 250 g/mol. The summed E-state index contributed by atoms with van der Waals surface area (Å²) >= 11 is 0. The van der Waals surface area contributed by atoms with Gasteiger partial charge < -0.3 is 14.8 Å². The molecule has 112 valence electrons. The molecule has 1 aliphatic rings. The van der Waals surface area contributed by atoms with Gasteiger partial charge in [0.15, 0.2) is 0 Å². The van der Waals surface area contributed by atoms with Crippen molar-refractivity contribution in [3.8, 4) is 5.75 Å². The predicted molar refractivity (Wildman–Crippen MR) is 82.5 cm³/mol. The van der Waals surface area contributed by atoms with Crippen molar-refractivity contribution in [2.45, 2.75) is 45.6 Å². The maximum absolute atomic E-state index is 5.68. The molecule has 20 heavy (non-hydrogen) atoms. The average Bonchev–Trinajstić information content (AvgIpc) is 2.92. The van der Waals surface area contributed by atoms with Crippen LogP contribution in [0.2, 0.25) is 0 Å². The monoisotopic (exact) mass is 277 g/mol. The van der Waals surface area contributed by atoms with Crippen LogP contribution in [-0.2, 0) is 17.6 Å². The fourth-order valence-corrected chi connectivity index (χ4v) is 2.64. The van der Waals surface area contributed by atoms with E-state index < -0.39 is 0 Å². The molecule has 3 nitrogen and oxygen atoms in total. The van der Waals surface area contributed by atoms with Crippen molar-refractivity contribution in [2.24, 2.45) is 0 Å². The molecule has 0 amide bonds. The summed E-state index contributed by atoms with van der Waals surface area (Å²) in [6.45, 7) is 7.81. The van der Waals surface area contributed by atoms with E-state index in [2.05, 4.69) is 37.4 Å². The van der Waals surface area contributed by atoms with Crippen LogP contribution in [0.5, 0.6) is 5.75 Å². The molecule has 0 spiro atoms. The molecule has 0 saturated heterocycles. The molecule has 0 radical (unpaired) electrons. The molecule has 2 rings (SSSR count). The van der Waals surface area contributed by atoms with Crippen LogP contribution in [0.4, 0.5) is 0 Å². The number of fused-ring (bicyclic) bond motifs is 1. The molecule has 1 aliphatic heterocycles. The van der Waals surface area contributed by atoms with Crippen LogP contribution < -0.4 is 10.1 Å². The summed E-state index contributed by atoms with van der Waals surface area (Å²) < 4.78 is 11.2. The van der Waals surface area contributed by atoms with Crippen LogP contribution in [0.3, 0.4) is 0 Å². The van der Waals surface area contributed by atoms with Crippen LogP contribution in [0.15, 0.2) is 18.2 Å². The van der Waals surface area contributed by atoms with Crippen molar-refractivity contribution in [3.63, 3.8) is 0 Å². The van der Waals surface area contributed by atoms with Gasteiger partial charge in [-0.05, 0) is 43.0 Å². The molecule has 3 heteroatoms. The Morgan fingerprint density at radius 2 is 2.25 bits per heavy atom. The number of ether oxygens (including phenoxy) is 2. The average molecular weight is 277 g/mol. The maximum atomic E-state index is 5.68. The quantitative estimate of drug-likeness (QED) is 0.704. The van der Waals surface area contributed by atoms with Gasteiger partial charge in [0.25, 0.3) is 0 Å². The minimum absolute atomic E-state index is 0.455. The lowest BCUT2D eigenvalue weighted by Gasteiger charge is -2.18. The highest BCUT2D eigenvalue weighted by atomic mass is 16.5. The van der Waals surface area contributed by atoms with Crippen molar-refractivity contribution in [3.05, 3.63) is 29.3 Å². The molecule has 1 heterocycles. The zero-order valence-corrected chi connectivity index (χ0v) is 12.8. The SMILES string of the molecule is CCCOCC(CCc1ccc2c(c1)CCO2)NCC. The second-order valence-electron chi connectivity index (χ2n) is 5.41. The van der Waals surface area contributed by atoms with E-state index in [0.29, 0.717) is 6.04 Å². The van der Waals surface area contributed by atoms with E-state index in [1.165, 1.54) is 11.1 Å². The third-order valence-corrected chi connectivity index (χ3v) is 3.70. The maximum Gasteiger partial charge on any atom is 0.122 e. The number of rotatable bonds is 9. The Kier molecular flexibility index (Phi) is 6.34. The Bertz CT molecular complexity index is 406. The van der Waals surface area contributed by atoms with Crippen LogP contribution in [0, 0.1) is 0 Å². The van der Waals surface area contributed by atoms with Crippen LogP contribution in [0.1, 0.15) is 37.8 Å². The summed E-state index contributed by atoms with van der Waals surface area (Å²) in [4.78, 5) is 0. The fraction of sp³-hybridized carbons (Fsp3) is 0.647. The van der Waals surface area contributed by atoms with Crippen LogP contribution in [0.25, 0.3) is 0 Å². The number of likely N-dealkylation sites (N-methyl/N-ethyl adjacent to an activating group) is 1. The molecule has 1 N–H and O–H groups in total. The normalized spacial score (nSPS) is 14.9. The summed E-state index contributed by atoms with van der Waals surface area (Å²) in [5.41, 5.74) is 2.78. The fourth-order valence-electron chi connectivity index (χ4n) is 2.64. The number of benzene rings is 1. The predicted octanol–water partition coefficient (Wildman–Crippen LogP) is 2.96. The van der Waals surface area contributed by atoms with E-state index in [1.807, 2.05) is 0 Å². The standard InChI is InChI=1S/C17H27NO2/c1-3-10-19-13-16(18-4-2)7-5-14-6-8-17-15(12-14)9-11-20-17/h6,8,12,16,18H,3-5,7,9-11,13H2,1-2H3. The Morgan fingerprint density at radius 1 is 1.35 bits per heavy atom. The third kappa shape index (κ3) is 4.50. The van der Waals surface area contributed by atoms with Gasteiger partial charge >= 0.3 is 0 Å². The van der Waals surface area contributed by atoms with Gasteiger partial charge in [-0.3, -0.25) is 0 Å². The summed E-state index contributed by atoms with van der Waals surface area (Å²) in [7, 11) is 0. The van der Waals surface area contributed by atoms with Gasteiger partial charge in [-0.15, -0.1) is 0 Å². The molecule has 1 atom stereocenters. The van der Waals surface area contributed by atoms with Crippen molar-refractivity contribution < 1.29 is 9.47 Å². The van der Waals surface area contributed by atoms with Gasteiger partial charge in [-0.1, -0.05) is 26.0 Å². The second-order valence-corrected chi connectivity index (χ2v) is 5.41. The highest BCUT2D eigenvalue weighted by molar-refractivity contribution is 5.39. The van der Waals surface area contributed by atoms with Crippen LogP contribution >= 0.6 is 0 Å². The Hall–Kier alpha value is -1.06. The zero-order chi connectivity index (χ0) is 14.2. The minimum Gasteiger partial charge on any atom is -0.493 e. The topological polar surface area (TPSA) is 30.5 Å². The van der Waals surface area contributed by atoms with Crippen molar-refractivity contribution in [1.29, 1.82) is 0 Å². The summed E-state index contributed by atoms with van der Waals surface area (Å²) in [6.07, 6.45) is 4.36. The third-order valence-electron chi connectivity index (χ3n) is 3.70. The van der Waals surface area contributed by atoms with Crippen molar-refractivity contribution in [2.75, 3.05) is 26.4 Å². The van der Waals surface area contributed by atoms with E-state index in [0.717, 1.165) is 57.8 Å². The van der Waals surface area contributed by atoms with Crippen molar-refractivity contribution >= 4 is 0 Å². The first-order chi connectivity index (χ1) is 9.83. The Morgan fingerprint density at radius 3 is 3.05 bits per heavy atom. The largest absolute Gasteiger partial charge is 0.493 e. The molecule has 0 fully saturated rings. The first-order valence-electron chi connectivity index (χ1n) is 7.89. The lowest BCUT2D eigenvalue weighted by molar-refractivity contribution is 0.110. The van der Waals surface area contributed by atoms with Gasteiger partial charge in [-0.25, -0.2) is 0 Å². The van der Waals surface area contributed by atoms with Crippen LogP contribution in [-0.4, -0.2) is 32.4 Å². The summed E-state index contributed by atoms with van der Waals surface area (Å²) in [6, 6.07) is 7.07. The second kappa shape index (κ2) is 8.28. The lowest BCUT2D eigenvalue weighted by atomic mass is 10.0. The van der Waals surface area contributed by atoms with E-state index in [9.17, 15) is 0 Å². The highest BCUT2D eigenvalue weighted by Crippen LogP contribution is 2.26. The number of hydrogen-bond donors (Lipinski definition) is 1. The Labute approximate surface area is 122 Å². The van der Waals surface area contributed by atoms with E-state index in [1.54, 1.807) is 0 Å². The minimum atomic E-state index is 0.455. The molecular formula is C17H27NO2. The van der Waals surface area contributed by atoms with Gasteiger partial charge in [0, 0.05) is 19.1 Å². The molecule has 0 bridgehead atoms. The number of nitrogens with one attached hydrogen (secondary N) is 1. The van der Waals surface area contributed by atoms with Crippen molar-refractivity contribution in [1.82, 2.24) is 5.32 Å². The number of hydrogen-bond acceptors (Lipinski definition) is 3. The first-order valence-corrected chi connectivity index (χ1v) is 7.89. The molecule has 1 unspecified atom stereocenters. The van der Waals surface area contributed by atoms with Gasteiger partial charge in [0.1, 0.15) is 5.75 Å². The van der Waals surface area contributed by atoms with E-state index in [4.69, 9.17) is 9.47 Å². The van der Waals surface area contributed by atoms with E-state index in [-0.39, 0.29) is 0 Å². The molecule has 0 saturated carbocycles. The van der Waals surface area contributed by atoms with Gasteiger partial charge in [-0.2, -0.15) is 0 Å². The number of aryl methyl sites for hydroxylation is 1. The van der Waals surface area contributed by atoms with Gasteiger partial charge in [0.05, 0.1) is 13.2 Å². The lowest BCUT2D eigenvalue weighted by Crippen LogP contribution is -2.34. The molecule has 0 aliphatic carbocycles. The zero-order valence-electron chi connectivity index (χ0n) is 12.8. The Balaban J connectivity index is 1.81.